The monoisotopic (exact) mass is 352 g/mol. The topological polar surface area (TPSA) is 9.23 Å². The van der Waals surface area contributed by atoms with Gasteiger partial charge in [0.15, 0.2) is 11.6 Å². The van der Waals surface area contributed by atoms with Crippen molar-refractivity contribution in [1.29, 1.82) is 0 Å². The Balaban J connectivity index is 2.03. The molecule has 2 aromatic carbocycles. The molecule has 110 valence electrons. The van der Waals surface area contributed by atoms with Crippen LogP contribution < -0.4 is 4.74 Å². The second kappa shape index (κ2) is 5.09. The molecule has 0 radical (unpaired) electrons. The average molecular weight is 353 g/mol. The van der Waals surface area contributed by atoms with Crippen LogP contribution in [0.5, 0.6) is 5.75 Å². The Kier molecular flexibility index (Phi) is 3.52. The molecule has 0 bridgehead atoms. The van der Waals surface area contributed by atoms with Crippen molar-refractivity contribution in [2.24, 2.45) is 0 Å². The van der Waals surface area contributed by atoms with Gasteiger partial charge >= 0.3 is 0 Å². The maximum Gasteiger partial charge on any atom is 0.163 e. The summed E-state index contributed by atoms with van der Waals surface area (Å²) in [6.45, 7) is 4.84. The molecule has 3 rings (SSSR count). The number of ether oxygens (including phenoxy) is 1. The zero-order valence-electron chi connectivity index (χ0n) is 11.8. The van der Waals surface area contributed by atoms with Crippen LogP contribution in [0.3, 0.4) is 0 Å². The molecule has 1 nitrogen and oxygen atoms in total. The molecule has 4 heteroatoms. The zero-order chi connectivity index (χ0) is 15.2. The fourth-order valence-electron chi connectivity index (χ4n) is 2.59. The molecule has 0 aliphatic carbocycles. The van der Waals surface area contributed by atoms with Gasteiger partial charge in [0.05, 0.1) is 11.4 Å². The first-order chi connectivity index (χ1) is 9.90. The Hall–Kier alpha value is -1.42. The lowest BCUT2D eigenvalue weighted by atomic mass is 9.85. The number of fused-ring (bicyclic) bond motifs is 1. The smallest absolute Gasteiger partial charge is 0.163 e. The Morgan fingerprint density at radius 2 is 1.95 bits per heavy atom. The second-order valence-electron chi connectivity index (χ2n) is 5.93. The van der Waals surface area contributed by atoms with E-state index in [0.29, 0.717) is 12.2 Å². The molecule has 2 aromatic rings. The second-order valence-corrected chi connectivity index (χ2v) is 6.85. The number of hydrogen-bond donors (Lipinski definition) is 0. The molecule has 21 heavy (non-hydrogen) atoms. The quantitative estimate of drug-likeness (QED) is 0.681. The summed E-state index contributed by atoms with van der Waals surface area (Å²) >= 11 is 3.48. The third kappa shape index (κ3) is 2.46. The van der Waals surface area contributed by atoms with Crippen LogP contribution >= 0.6 is 15.9 Å². The Morgan fingerprint density at radius 3 is 2.71 bits per heavy atom. The minimum atomic E-state index is -0.832. The number of rotatable bonds is 2. The highest BCUT2D eigenvalue weighted by atomic mass is 79.9. The molecule has 0 spiro atoms. The van der Waals surface area contributed by atoms with Crippen LogP contribution in [-0.4, -0.2) is 6.61 Å². The van der Waals surface area contributed by atoms with Gasteiger partial charge in [-0.2, -0.15) is 0 Å². The highest BCUT2D eigenvalue weighted by Gasteiger charge is 2.32. The van der Waals surface area contributed by atoms with Crippen molar-refractivity contribution in [2.75, 3.05) is 6.61 Å². The van der Waals surface area contributed by atoms with Crippen molar-refractivity contribution >= 4 is 15.9 Å². The van der Waals surface area contributed by atoms with Gasteiger partial charge in [-0.25, -0.2) is 8.78 Å². The van der Waals surface area contributed by atoms with E-state index >= 15 is 0 Å². The summed E-state index contributed by atoms with van der Waals surface area (Å²) in [7, 11) is 0. The summed E-state index contributed by atoms with van der Waals surface area (Å²) in [4.78, 5) is -0.394. The van der Waals surface area contributed by atoms with Gasteiger partial charge in [0.25, 0.3) is 0 Å². The molecule has 1 unspecified atom stereocenters. The average Bonchev–Trinajstić information content (AvgIpc) is 2.76. The maximum atomic E-state index is 13.9. The van der Waals surface area contributed by atoms with Gasteiger partial charge in [-0.1, -0.05) is 48.0 Å². The first-order valence-corrected chi connectivity index (χ1v) is 7.67. The number of alkyl halides is 1. The van der Waals surface area contributed by atoms with Gasteiger partial charge in [0.1, 0.15) is 5.75 Å². The fourth-order valence-corrected chi connectivity index (χ4v) is 3.23. The third-order valence-electron chi connectivity index (χ3n) is 3.87. The van der Waals surface area contributed by atoms with E-state index in [9.17, 15) is 8.78 Å². The van der Waals surface area contributed by atoms with Crippen molar-refractivity contribution in [1.82, 2.24) is 0 Å². The first-order valence-electron chi connectivity index (χ1n) is 6.75. The van der Waals surface area contributed by atoms with Crippen molar-refractivity contribution in [3.05, 3.63) is 64.7 Å². The highest BCUT2D eigenvalue weighted by molar-refractivity contribution is 9.09. The highest BCUT2D eigenvalue weighted by Crippen LogP contribution is 2.42. The van der Waals surface area contributed by atoms with Crippen LogP contribution in [-0.2, 0) is 5.41 Å². The lowest BCUT2D eigenvalue weighted by Gasteiger charge is -2.18. The molecule has 0 saturated heterocycles. The first kappa shape index (κ1) is 14.5. The summed E-state index contributed by atoms with van der Waals surface area (Å²) < 4.78 is 33.0. The third-order valence-corrected chi connectivity index (χ3v) is 4.89. The van der Waals surface area contributed by atoms with Gasteiger partial charge in [-0.15, -0.1) is 0 Å². The molecule has 0 amide bonds. The molecule has 0 saturated carbocycles. The predicted molar refractivity (Wildman–Crippen MR) is 82.1 cm³/mol. The van der Waals surface area contributed by atoms with Crippen LogP contribution in [0, 0.1) is 11.6 Å². The van der Waals surface area contributed by atoms with Crippen molar-refractivity contribution in [3.63, 3.8) is 0 Å². The van der Waals surface area contributed by atoms with E-state index in [4.69, 9.17) is 4.74 Å². The molecule has 0 N–H and O–H groups in total. The number of hydrogen-bond acceptors (Lipinski definition) is 1. The van der Waals surface area contributed by atoms with Gasteiger partial charge < -0.3 is 4.74 Å². The van der Waals surface area contributed by atoms with Gasteiger partial charge in [-0.3, -0.25) is 0 Å². The molecule has 1 aliphatic rings. The Bertz CT molecular complexity index is 697. The standard InChI is InChI=1S/C17H15BrF2O/c1-17(2)9-21-14-7-6-10(8-12(14)17)15(18)11-4-3-5-13(19)16(11)20/h3-8,15H,9H2,1-2H3. The molecule has 1 heterocycles. The van der Waals surface area contributed by atoms with E-state index in [1.807, 2.05) is 18.2 Å². The lowest BCUT2D eigenvalue weighted by Crippen LogP contribution is -2.18. The van der Waals surface area contributed by atoms with E-state index in [1.54, 1.807) is 6.07 Å². The fraction of sp³-hybridized carbons (Fsp3) is 0.294. The minimum Gasteiger partial charge on any atom is -0.492 e. The van der Waals surface area contributed by atoms with E-state index in [1.165, 1.54) is 6.07 Å². The van der Waals surface area contributed by atoms with Crippen molar-refractivity contribution in [3.8, 4) is 5.75 Å². The maximum absolute atomic E-state index is 13.9. The van der Waals surface area contributed by atoms with Gasteiger partial charge in [0.2, 0.25) is 0 Å². The van der Waals surface area contributed by atoms with Crippen LogP contribution in [0.1, 0.15) is 35.4 Å². The van der Waals surface area contributed by atoms with E-state index < -0.39 is 16.5 Å². The van der Waals surface area contributed by atoms with E-state index in [2.05, 4.69) is 29.8 Å². The summed E-state index contributed by atoms with van der Waals surface area (Å²) in [6, 6.07) is 10.0. The van der Waals surface area contributed by atoms with Crippen molar-refractivity contribution < 1.29 is 13.5 Å². The molecule has 1 atom stereocenters. The number of benzene rings is 2. The zero-order valence-corrected chi connectivity index (χ0v) is 13.4. The lowest BCUT2D eigenvalue weighted by molar-refractivity contribution is 0.291. The Morgan fingerprint density at radius 1 is 1.19 bits per heavy atom. The molecular formula is C17H15BrF2O. The van der Waals surface area contributed by atoms with Crippen LogP contribution in [0.15, 0.2) is 36.4 Å². The summed E-state index contributed by atoms with van der Waals surface area (Å²) in [6.07, 6.45) is 0. The van der Waals surface area contributed by atoms with Crippen LogP contribution in [0.4, 0.5) is 8.78 Å². The molecule has 0 fully saturated rings. The number of halogens is 3. The minimum absolute atomic E-state index is 0.0709. The Labute approximate surface area is 131 Å². The SMILES string of the molecule is CC1(C)COc2ccc(C(Br)c3cccc(F)c3F)cc21. The van der Waals surface area contributed by atoms with Gasteiger partial charge in [-0.05, 0) is 23.8 Å². The summed E-state index contributed by atoms with van der Waals surface area (Å²) in [5.74, 6) is -0.777. The summed E-state index contributed by atoms with van der Waals surface area (Å²) in [5, 5.41) is 0. The molecule has 1 aliphatic heterocycles. The van der Waals surface area contributed by atoms with E-state index in [0.717, 1.165) is 22.9 Å². The van der Waals surface area contributed by atoms with Crippen molar-refractivity contribution in [2.45, 2.75) is 24.1 Å². The van der Waals surface area contributed by atoms with Crippen LogP contribution in [0.25, 0.3) is 0 Å². The predicted octanol–water partition coefficient (Wildman–Crippen LogP) is 5.12. The normalized spacial score (nSPS) is 17.2. The molecular weight excluding hydrogens is 338 g/mol. The largest absolute Gasteiger partial charge is 0.492 e. The molecule has 0 aromatic heterocycles. The van der Waals surface area contributed by atoms with E-state index in [-0.39, 0.29) is 5.41 Å². The van der Waals surface area contributed by atoms with Crippen LogP contribution in [0.2, 0.25) is 0 Å². The van der Waals surface area contributed by atoms with Gasteiger partial charge in [0, 0.05) is 16.5 Å². The summed E-state index contributed by atoms with van der Waals surface area (Å²) in [5.41, 5.74) is 2.21.